The lowest BCUT2D eigenvalue weighted by Crippen LogP contribution is -2.68. The van der Waals surface area contributed by atoms with E-state index in [1.807, 2.05) is 0 Å². The normalized spacial score (nSPS) is 22.0. The van der Waals surface area contributed by atoms with E-state index in [2.05, 4.69) is 90.6 Å². The number of aromatic hydroxyl groups is 1. The fourth-order valence-corrected chi connectivity index (χ4v) is 15.8. The van der Waals surface area contributed by atoms with Crippen LogP contribution in [0.25, 0.3) is 21.8 Å². The van der Waals surface area contributed by atoms with Gasteiger partial charge in [-0.15, -0.1) is 0 Å². The largest absolute Gasteiger partial charge is 0.508 e. The van der Waals surface area contributed by atoms with Crippen LogP contribution >= 0.6 is 21.6 Å². The Balaban J connectivity index is 1.35. The van der Waals surface area contributed by atoms with Crippen LogP contribution in [0, 0.1) is 5.92 Å². The van der Waals surface area contributed by atoms with E-state index in [0.29, 0.717) is 52.3 Å². The maximum Gasteiger partial charge on any atom is 0.325 e. The van der Waals surface area contributed by atoms with Crippen molar-refractivity contribution in [3.05, 3.63) is 102 Å². The molecule has 0 spiro atoms. The molecule has 2 aliphatic rings. The second-order valence-corrected chi connectivity index (χ2v) is 32.9. The molecule has 0 aliphatic carbocycles. The van der Waals surface area contributed by atoms with Crippen molar-refractivity contribution in [1.29, 1.82) is 0 Å². The van der Waals surface area contributed by atoms with Crippen molar-refractivity contribution in [1.82, 2.24) is 84.0 Å². The van der Waals surface area contributed by atoms with Crippen LogP contribution in [0.2, 0.25) is 0 Å². The number of aliphatic carboxylic acids is 3. The summed E-state index contributed by atoms with van der Waals surface area (Å²) < 4.78 is 0. The number of nitrogens with two attached hydrogens (primary N) is 1. The number of carboxylic acids is 3. The quantitative estimate of drug-likeness (QED) is 0.0147. The molecule has 43 heteroatoms. The molecule has 0 radical (unpaired) electrons. The molecule has 0 unspecified atom stereocenters. The number of rotatable bonds is 31. The van der Waals surface area contributed by atoms with E-state index in [1.165, 1.54) is 44.3 Å². The number of quaternary nitrogens is 2. The zero-order chi connectivity index (χ0) is 89.6. The second kappa shape index (κ2) is 47.0. The van der Waals surface area contributed by atoms with E-state index in [1.54, 1.807) is 68.6 Å². The molecule has 122 heavy (non-hydrogen) atoms. The standard InChI is InChI=1S/C79H107N19O22S2/c1-39(2)29-54-71(111)97-59(75(115)87-41(4)66(106)88-42(5)79(119)120)37-121-122-38-60(96-67(107)40(3)86-63(101)36-85-68(108)49(81)15-10-11-27-80)76(116)94-57(33-65(104)105)74(114)95-58(30-43-19-21-46(99)22-20-43)78(118)98-28-12-18-61(98)77(117)90-53(24-26-64(102)103)70(110)92-55(31-44-34-83-50-16-8-6-13-47(44)50)72(112)89-52(23-25-62(82)100)69(109)93-56(73(113)91-54)32-45-35-84-51-17-9-7-14-48(45)51/h6-9,13-14,16-17,19-22,34-35,39-42,49,52-61,83-84,99H,10-12,15,18,23-33,36-38,80-81H2,1-5H3,(H2,82,100)(H,85,108)(H,86,101)(H,87,115)(H,88,106)(H,89,112)(H,90,117)(H,91,113)(H,92,110)(H,93,109)(H,94,116)(H,95,114)(H,96,107)(H,97,111)(H,102,103)(H,104,105)(H,119,120)/p+2/t40-,41-,42-,49-,52-,53-,54-,55-,56-,57-,58-,59-,60-,61-/m1/s1. The number of aromatic amines is 2. The number of nitrogens with one attached hydrogen (secondary N) is 15. The van der Waals surface area contributed by atoms with Crippen LogP contribution < -0.4 is 86.3 Å². The Bertz CT molecular complexity index is 4620. The van der Waals surface area contributed by atoms with Gasteiger partial charge in [0, 0.05) is 90.8 Å². The lowest BCUT2D eigenvalue weighted by Gasteiger charge is -2.31. The molecule has 15 amide bonds. The third-order valence-electron chi connectivity index (χ3n) is 20.2. The minimum absolute atomic E-state index is 0.102. The molecule has 14 atom stereocenters. The summed E-state index contributed by atoms with van der Waals surface area (Å²) in [6.07, 6.45) is -0.305. The summed E-state index contributed by atoms with van der Waals surface area (Å²) in [6, 6.07) is -3.93. The van der Waals surface area contributed by atoms with Crippen LogP contribution in [0.1, 0.15) is 122 Å². The fraction of sp³-hybridized carbons (Fsp3) is 0.494. The maximum absolute atomic E-state index is 15.3. The van der Waals surface area contributed by atoms with E-state index in [-0.39, 0.29) is 50.0 Å². The number of aromatic nitrogens is 2. The van der Waals surface area contributed by atoms with Gasteiger partial charge in [0.15, 0.2) is 6.04 Å². The molecule has 0 bridgehead atoms. The number of amides is 15. The number of hydrogen-bond donors (Lipinski definition) is 22. The van der Waals surface area contributed by atoms with Crippen molar-refractivity contribution in [2.45, 2.75) is 209 Å². The van der Waals surface area contributed by atoms with E-state index in [0.717, 1.165) is 39.8 Å². The molecular weight excluding hydrogens is 1630 g/mol. The highest BCUT2D eigenvalue weighted by Crippen LogP contribution is 2.27. The van der Waals surface area contributed by atoms with E-state index in [9.17, 15) is 78.0 Å². The fourth-order valence-electron chi connectivity index (χ4n) is 13.4. The number of para-hydroxylation sites is 2. The molecule has 2 saturated heterocycles. The number of carbonyl (C=O) groups excluding carboxylic acids is 15. The van der Waals surface area contributed by atoms with Crippen LogP contribution in [0.15, 0.2) is 85.2 Å². The summed E-state index contributed by atoms with van der Waals surface area (Å²) in [4.78, 5) is 261. The smallest absolute Gasteiger partial charge is 0.325 e. The van der Waals surface area contributed by atoms with Gasteiger partial charge in [-0.2, -0.15) is 0 Å². The summed E-state index contributed by atoms with van der Waals surface area (Å²) in [7, 11) is 1.47. The molecule has 27 N–H and O–H groups in total. The number of H-pyrrole nitrogens is 2. The van der Waals surface area contributed by atoms with Gasteiger partial charge in [-0.05, 0) is 113 Å². The number of phenolic OH excluding ortho intramolecular Hbond substituents is 1. The first-order chi connectivity index (χ1) is 57.9. The van der Waals surface area contributed by atoms with Crippen molar-refractivity contribution < 1.29 is 118 Å². The zero-order valence-corrected chi connectivity index (χ0v) is 69.7. The third-order valence-corrected chi connectivity index (χ3v) is 22.6. The van der Waals surface area contributed by atoms with Gasteiger partial charge in [0.2, 0.25) is 82.7 Å². The first-order valence-electron chi connectivity index (χ1n) is 39.8. The highest BCUT2D eigenvalue weighted by molar-refractivity contribution is 8.76. The van der Waals surface area contributed by atoms with Crippen molar-refractivity contribution in [2.75, 3.05) is 31.1 Å². The van der Waals surface area contributed by atoms with Crippen molar-refractivity contribution in [3.8, 4) is 5.75 Å². The number of fused-ring (bicyclic) bond motifs is 3. The predicted molar refractivity (Wildman–Crippen MR) is 442 cm³/mol. The Hall–Kier alpha value is -12.4. The van der Waals surface area contributed by atoms with Crippen LogP contribution in [-0.4, -0.2) is 258 Å². The maximum atomic E-state index is 15.3. The van der Waals surface area contributed by atoms with Crippen LogP contribution in [0.4, 0.5) is 0 Å². The van der Waals surface area contributed by atoms with Crippen LogP contribution in [0.3, 0.4) is 0 Å². The van der Waals surface area contributed by atoms with E-state index >= 15 is 28.8 Å². The molecule has 4 heterocycles. The number of nitrogens with zero attached hydrogens (tertiary/aromatic N) is 1. The van der Waals surface area contributed by atoms with Gasteiger partial charge in [-0.3, -0.25) is 86.3 Å². The van der Waals surface area contributed by atoms with Gasteiger partial charge >= 0.3 is 17.9 Å². The van der Waals surface area contributed by atoms with Gasteiger partial charge in [-0.1, -0.05) is 84.0 Å². The molecule has 2 aliphatic heterocycles. The molecule has 5 aromatic rings. The molecule has 41 nitrogen and oxygen atoms in total. The lowest BCUT2D eigenvalue weighted by atomic mass is 9.99. The summed E-state index contributed by atoms with van der Waals surface area (Å²) in [5.74, 6) is -22.0. The number of carbonyl (C=O) groups is 18. The molecule has 7 rings (SSSR count). The lowest BCUT2D eigenvalue weighted by molar-refractivity contribution is -0.406. The Morgan fingerprint density at radius 2 is 1.07 bits per heavy atom. The summed E-state index contributed by atoms with van der Waals surface area (Å²) in [5, 5.41) is 74.0. The van der Waals surface area contributed by atoms with Crippen LogP contribution in [0.5, 0.6) is 5.75 Å². The summed E-state index contributed by atoms with van der Waals surface area (Å²) in [6.45, 7) is 6.72. The van der Waals surface area contributed by atoms with Gasteiger partial charge in [0.05, 0.1) is 19.5 Å². The van der Waals surface area contributed by atoms with Gasteiger partial charge < -0.3 is 122 Å². The average molecular weight is 1740 g/mol. The molecule has 3 aromatic carbocycles. The number of carboxylic acid groups (broad SMARTS) is 3. The Morgan fingerprint density at radius 1 is 0.549 bits per heavy atom. The molecular formula is C79H109N19O22S2+2. The van der Waals surface area contributed by atoms with Crippen molar-refractivity contribution in [3.63, 3.8) is 0 Å². The number of unbranched alkanes of at least 4 members (excludes halogenated alkanes) is 1. The van der Waals surface area contributed by atoms with Gasteiger partial charge in [-0.25, -0.2) is 0 Å². The third kappa shape index (κ3) is 29.8. The average Bonchev–Trinajstić information content (AvgIpc) is 1.64. The first-order valence-corrected chi connectivity index (χ1v) is 42.3. The SMILES string of the molecule is CC(C)C[C@H]1NC(=O)[C@@H](Cc2c[nH]c3ccccc23)NC(=O)[C@@H](CCC(N)=O)NC(=O)[C@@H](Cc2c[nH]c3ccccc23)NC(=O)[C@@H](CCC(=O)O)NC(=O)[C@H]2CCCN2C(=O)[C@@H](Cc2ccc(O)cc2)NC(=O)[C@@H](CC(=O)O)NC(=O)[C@H](NC(=O)[C@@H](C)NC(=O)CNC(=O)[C@H]([NH3+])CCCC[NH3+])CSSC[C@H](C(=O)N[C@H](C)C(=O)N[C@H](C)C(=O)O)NC1=O. The van der Waals surface area contributed by atoms with Gasteiger partial charge in [0.1, 0.15) is 84.3 Å². The molecule has 2 fully saturated rings. The highest BCUT2D eigenvalue weighted by atomic mass is 33.1. The van der Waals surface area contributed by atoms with Crippen molar-refractivity contribution in [2.24, 2.45) is 11.7 Å². The summed E-state index contributed by atoms with van der Waals surface area (Å²) in [5.41, 5.74) is 15.6. The molecule has 662 valence electrons. The van der Waals surface area contributed by atoms with Crippen LogP contribution in [-0.2, 0) is 106 Å². The minimum Gasteiger partial charge on any atom is -0.508 e. The summed E-state index contributed by atoms with van der Waals surface area (Å²) >= 11 is 0. The molecule has 2 aromatic heterocycles. The topological polar surface area (TPSA) is 661 Å². The number of benzene rings is 3. The second-order valence-electron chi connectivity index (χ2n) is 30.3. The zero-order valence-electron chi connectivity index (χ0n) is 68.1. The Morgan fingerprint density at radius 3 is 1.63 bits per heavy atom. The number of hydrogen-bond acceptors (Lipinski definition) is 21. The Kier molecular flexibility index (Phi) is 37.3. The highest BCUT2D eigenvalue weighted by Gasteiger charge is 2.43. The number of phenols is 1. The Labute approximate surface area is 708 Å². The number of primary amides is 1. The van der Waals surface area contributed by atoms with E-state index in [4.69, 9.17) is 5.73 Å². The van der Waals surface area contributed by atoms with Gasteiger partial charge in [0.25, 0.3) is 5.91 Å². The van der Waals surface area contributed by atoms with Crippen molar-refractivity contribution >= 4 is 150 Å². The molecule has 0 saturated carbocycles. The monoisotopic (exact) mass is 1740 g/mol. The minimum atomic E-state index is -2.13. The van der Waals surface area contributed by atoms with E-state index < -0.39 is 254 Å². The predicted octanol–water partition coefficient (Wildman–Crippen LogP) is -4.48. The first kappa shape index (κ1) is 96.7.